The molecule has 1 amide bonds. The van der Waals surface area contributed by atoms with E-state index in [1.807, 2.05) is 23.3 Å². The summed E-state index contributed by atoms with van der Waals surface area (Å²) < 4.78 is 0. The Morgan fingerprint density at radius 2 is 2.16 bits per heavy atom. The number of carbonyl (C=O) groups is 1. The van der Waals surface area contributed by atoms with E-state index in [0.29, 0.717) is 0 Å². The van der Waals surface area contributed by atoms with Crippen LogP contribution in [0.3, 0.4) is 0 Å². The predicted octanol–water partition coefficient (Wildman–Crippen LogP) is 2.94. The Labute approximate surface area is 125 Å². The molecule has 1 aliphatic rings. The SMILES string of the molecule is CCNCC1CCN(C(=O)c2sccc2C)CC1.Cl. The van der Waals surface area contributed by atoms with Crippen molar-refractivity contribution in [3.63, 3.8) is 0 Å². The minimum absolute atomic E-state index is 0. The number of thiophene rings is 1. The van der Waals surface area contributed by atoms with Gasteiger partial charge < -0.3 is 10.2 Å². The van der Waals surface area contributed by atoms with Crippen LogP contribution < -0.4 is 5.32 Å². The second-order valence-electron chi connectivity index (χ2n) is 4.98. The maximum Gasteiger partial charge on any atom is 0.264 e. The van der Waals surface area contributed by atoms with E-state index in [9.17, 15) is 4.79 Å². The highest BCUT2D eigenvalue weighted by atomic mass is 35.5. The normalized spacial score (nSPS) is 16.2. The molecule has 108 valence electrons. The summed E-state index contributed by atoms with van der Waals surface area (Å²) in [5, 5.41) is 5.40. The fourth-order valence-electron chi connectivity index (χ4n) is 2.42. The Balaban J connectivity index is 0.00000180. The smallest absolute Gasteiger partial charge is 0.264 e. The zero-order valence-electron chi connectivity index (χ0n) is 11.6. The molecule has 2 rings (SSSR count). The van der Waals surface area contributed by atoms with Crippen LogP contribution in [0.25, 0.3) is 0 Å². The lowest BCUT2D eigenvalue weighted by atomic mass is 9.96. The molecular weight excluding hydrogens is 280 g/mol. The first-order valence-electron chi connectivity index (χ1n) is 6.76. The van der Waals surface area contributed by atoms with Gasteiger partial charge in [0.2, 0.25) is 0 Å². The molecule has 0 radical (unpaired) electrons. The third kappa shape index (κ3) is 4.20. The summed E-state index contributed by atoms with van der Waals surface area (Å²) in [5.41, 5.74) is 1.11. The van der Waals surface area contributed by atoms with Gasteiger partial charge in [0.1, 0.15) is 0 Å². The van der Waals surface area contributed by atoms with Crippen molar-refractivity contribution in [2.75, 3.05) is 26.2 Å². The highest BCUT2D eigenvalue weighted by Crippen LogP contribution is 2.22. The number of nitrogens with one attached hydrogen (secondary N) is 1. The lowest BCUT2D eigenvalue weighted by Crippen LogP contribution is -2.40. The molecule has 3 nitrogen and oxygen atoms in total. The lowest BCUT2D eigenvalue weighted by Gasteiger charge is -2.32. The summed E-state index contributed by atoms with van der Waals surface area (Å²) >= 11 is 1.56. The quantitative estimate of drug-likeness (QED) is 0.927. The molecule has 2 heterocycles. The zero-order chi connectivity index (χ0) is 13.0. The molecule has 1 N–H and O–H groups in total. The van der Waals surface area contributed by atoms with Gasteiger partial charge in [0, 0.05) is 13.1 Å². The first-order chi connectivity index (χ1) is 8.72. The Bertz CT molecular complexity index is 400. The highest BCUT2D eigenvalue weighted by molar-refractivity contribution is 7.12. The van der Waals surface area contributed by atoms with Crippen LogP contribution in [0.2, 0.25) is 0 Å². The topological polar surface area (TPSA) is 32.3 Å². The molecule has 0 aliphatic carbocycles. The molecule has 1 fully saturated rings. The number of piperidine rings is 1. The molecule has 0 aromatic carbocycles. The van der Waals surface area contributed by atoms with Crippen LogP contribution in [0.1, 0.15) is 35.0 Å². The van der Waals surface area contributed by atoms with E-state index < -0.39 is 0 Å². The van der Waals surface area contributed by atoms with Crippen LogP contribution in [0.5, 0.6) is 0 Å². The Kier molecular flexibility index (Phi) is 6.83. The number of hydrogen-bond donors (Lipinski definition) is 1. The van der Waals surface area contributed by atoms with Crippen LogP contribution in [-0.2, 0) is 0 Å². The average Bonchev–Trinajstić information content (AvgIpc) is 2.82. The molecule has 1 aromatic rings. The summed E-state index contributed by atoms with van der Waals surface area (Å²) in [4.78, 5) is 15.3. The summed E-state index contributed by atoms with van der Waals surface area (Å²) in [5.74, 6) is 0.961. The summed E-state index contributed by atoms with van der Waals surface area (Å²) in [6.07, 6.45) is 2.26. The minimum atomic E-state index is 0. The van der Waals surface area contributed by atoms with E-state index in [1.54, 1.807) is 11.3 Å². The number of nitrogens with zero attached hydrogens (tertiary/aromatic N) is 1. The maximum atomic E-state index is 12.3. The molecule has 1 aromatic heterocycles. The minimum Gasteiger partial charge on any atom is -0.338 e. The van der Waals surface area contributed by atoms with Crippen molar-refractivity contribution >= 4 is 29.7 Å². The van der Waals surface area contributed by atoms with Crippen LogP contribution >= 0.6 is 23.7 Å². The van der Waals surface area contributed by atoms with Gasteiger partial charge in [0.05, 0.1) is 4.88 Å². The third-order valence-electron chi connectivity index (χ3n) is 3.64. The molecule has 0 spiro atoms. The zero-order valence-corrected chi connectivity index (χ0v) is 13.3. The van der Waals surface area contributed by atoms with E-state index in [4.69, 9.17) is 0 Å². The van der Waals surface area contributed by atoms with E-state index in [-0.39, 0.29) is 18.3 Å². The number of carbonyl (C=O) groups excluding carboxylic acids is 1. The van der Waals surface area contributed by atoms with Crippen molar-refractivity contribution in [1.82, 2.24) is 10.2 Å². The van der Waals surface area contributed by atoms with Gasteiger partial charge >= 0.3 is 0 Å². The second kappa shape index (κ2) is 7.88. The van der Waals surface area contributed by atoms with E-state index >= 15 is 0 Å². The largest absolute Gasteiger partial charge is 0.338 e. The van der Waals surface area contributed by atoms with Crippen LogP contribution in [0.15, 0.2) is 11.4 Å². The van der Waals surface area contributed by atoms with Crippen molar-refractivity contribution < 1.29 is 4.79 Å². The molecule has 1 saturated heterocycles. The number of amides is 1. The van der Waals surface area contributed by atoms with E-state index in [0.717, 1.165) is 55.4 Å². The standard InChI is InChI=1S/C14H22N2OS.ClH/c1-3-15-10-12-4-7-16(8-5-12)14(17)13-11(2)6-9-18-13;/h6,9,12,15H,3-5,7-8,10H2,1-2H3;1H. The lowest BCUT2D eigenvalue weighted by molar-refractivity contribution is 0.0694. The number of likely N-dealkylation sites (tertiary alicyclic amines) is 1. The third-order valence-corrected chi connectivity index (χ3v) is 4.65. The fraction of sp³-hybridized carbons (Fsp3) is 0.643. The molecular formula is C14H23ClN2OS. The van der Waals surface area contributed by atoms with Crippen molar-refractivity contribution in [3.8, 4) is 0 Å². The van der Waals surface area contributed by atoms with Gasteiger partial charge in [0.25, 0.3) is 5.91 Å². The Hall–Kier alpha value is -0.580. The number of halogens is 1. The molecule has 0 unspecified atom stereocenters. The highest BCUT2D eigenvalue weighted by Gasteiger charge is 2.24. The van der Waals surface area contributed by atoms with Crippen molar-refractivity contribution in [2.24, 2.45) is 5.92 Å². The molecule has 1 aliphatic heterocycles. The molecule has 19 heavy (non-hydrogen) atoms. The van der Waals surface area contributed by atoms with E-state index in [1.165, 1.54) is 0 Å². The van der Waals surface area contributed by atoms with Gasteiger partial charge in [-0.1, -0.05) is 6.92 Å². The number of aryl methyl sites for hydroxylation is 1. The first kappa shape index (κ1) is 16.5. The monoisotopic (exact) mass is 302 g/mol. The molecule has 0 saturated carbocycles. The molecule has 5 heteroatoms. The second-order valence-corrected chi connectivity index (χ2v) is 5.89. The predicted molar refractivity (Wildman–Crippen MR) is 83.5 cm³/mol. The van der Waals surface area contributed by atoms with Crippen LogP contribution in [0, 0.1) is 12.8 Å². The van der Waals surface area contributed by atoms with Crippen LogP contribution in [0.4, 0.5) is 0 Å². The summed E-state index contributed by atoms with van der Waals surface area (Å²) in [7, 11) is 0. The van der Waals surface area contributed by atoms with Gasteiger partial charge in [-0.3, -0.25) is 4.79 Å². The molecule has 0 atom stereocenters. The van der Waals surface area contributed by atoms with E-state index in [2.05, 4.69) is 12.2 Å². The molecule has 0 bridgehead atoms. The van der Waals surface area contributed by atoms with Crippen molar-refractivity contribution in [1.29, 1.82) is 0 Å². The Morgan fingerprint density at radius 3 is 2.68 bits per heavy atom. The fourth-order valence-corrected chi connectivity index (χ4v) is 3.32. The van der Waals surface area contributed by atoms with Gasteiger partial charge in [-0.25, -0.2) is 0 Å². The average molecular weight is 303 g/mol. The van der Waals surface area contributed by atoms with Crippen molar-refractivity contribution in [2.45, 2.75) is 26.7 Å². The van der Waals surface area contributed by atoms with Crippen LogP contribution in [-0.4, -0.2) is 37.0 Å². The summed E-state index contributed by atoms with van der Waals surface area (Å²) in [6, 6.07) is 2.02. The maximum absolute atomic E-state index is 12.3. The summed E-state index contributed by atoms with van der Waals surface area (Å²) in [6.45, 7) is 8.10. The van der Waals surface area contributed by atoms with Gasteiger partial charge in [0.15, 0.2) is 0 Å². The number of hydrogen-bond acceptors (Lipinski definition) is 3. The Morgan fingerprint density at radius 1 is 1.47 bits per heavy atom. The van der Waals surface area contributed by atoms with Gasteiger partial charge in [-0.15, -0.1) is 23.7 Å². The van der Waals surface area contributed by atoms with Gasteiger partial charge in [-0.2, -0.15) is 0 Å². The number of rotatable bonds is 4. The van der Waals surface area contributed by atoms with Gasteiger partial charge in [-0.05, 0) is 55.8 Å². The first-order valence-corrected chi connectivity index (χ1v) is 7.64. The van der Waals surface area contributed by atoms with Crippen molar-refractivity contribution in [3.05, 3.63) is 21.9 Å².